The van der Waals surface area contributed by atoms with Crippen LogP contribution in [0.1, 0.15) is 92.9 Å². The summed E-state index contributed by atoms with van der Waals surface area (Å²) in [6.45, 7) is 14.7. The molecule has 1 aliphatic carbocycles. The van der Waals surface area contributed by atoms with Gasteiger partial charge < -0.3 is 0 Å². The SMILES string of the molecule is CCC(C)(C)C(C)CCC(C)C(C)C1CCCCC1. The van der Waals surface area contributed by atoms with E-state index in [4.69, 9.17) is 0 Å². The molecule has 0 saturated heterocycles. The monoisotopic (exact) mass is 266 g/mol. The van der Waals surface area contributed by atoms with Gasteiger partial charge >= 0.3 is 0 Å². The van der Waals surface area contributed by atoms with Gasteiger partial charge in [0.25, 0.3) is 0 Å². The van der Waals surface area contributed by atoms with Crippen LogP contribution in [0.5, 0.6) is 0 Å². The molecule has 0 aromatic rings. The van der Waals surface area contributed by atoms with Gasteiger partial charge in [-0.2, -0.15) is 0 Å². The fraction of sp³-hybridized carbons (Fsp3) is 1.00. The zero-order chi connectivity index (χ0) is 14.5. The lowest BCUT2D eigenvalue weighted by atomic mass is 9.71. The third-order valence-electron chi connectivity index (χ3n) is 6.59. The lowest BCUT2D eigenvalue weighted by molar-refractivity contribution is 0.161. The molecular formula is C19H38. The molecule has 1 fully saturated rings. The molecule has 0 nitrogen and oxygen atoms in total. The lowest BCUT2D eigenvalue weighted by Gasteiger charge is -2.35. The molecule has 0 N–H and O–H groups in total. The molecule has 19 heavy (non-hydrogen) atoms. The summed E-state index contributed by atoms with van der Waals surface area (Å²) in [5, 5.41) is 0. The average Bonchev–Trinajstić information content (AvgIpc) is 2.44. The van der Waals surface area contributed by atoms with E-state index in [0.717, 1.165) is 23.7 Å². The minimum absolute atomic E-state index is 0.522. The summed E-state index contributed by atoms with van der Waals surface area (Å²) >= 11 is 0. The van der Waals surface area contributed by atoms with Crippen LogP contribution in [0.2, 0.25) is 0 Å². The molecule has 0 aromatic carbocycles. The quantitative estimate of drug-likeness (QED) is 0.481. The van der Waals surface area contributed by atoms with E-state index < -0.39 is 0 Å². The summed E-state index contributed by atoms with van der Waals surface area (Å²) in [6.07, 6.45) is 11.6. The predicted molar refractivity (Wildman–Crippen MR) is 87.4 cm³/mol. The van der Waals surface area contributed by atoms with Crippen molar-refractivity contribution < 1.29 is 0 Å². The van der Waals surface area contributed by atoms with Gasteiger partial charge in [-0.25, -0.2) is 0 Å². The first kappa shape index (κ1) is 17.1. The fourth-order valence-electron chi connectivity index (χ4n) is 3.64. The van der Waals surface area contributed by atoms with Crippen molar-refractivity contribution in [2.45, 2.75) is 92.9 Å². The van der Waals surface area contributed by atoms with Gasteiger partial charge in [0.1, 0.15) is 0 Å². The van der Waals surface area contributed by atoms with Gasteiger partial charge in [-0.1, -0.05) is 86.5 Å². The molecule has 0 heteroatoms. The van der Waals surface area contributed by atoms with Crippen molar-refractivity contribution in [3.05, 3.63) is 0 Å². The van der Waals surface area contributed by atoms with Crippen molar-refractivity contribution in [2.75, 3.05) is 0 Å². The van der Waals surface area contributed by atoms with Crippen LogP contribution >= 0.6 is 0 Å². The number of hydrogen-bond donors (Lipinski definition) is 0. The van der Waals surface area contributed by atoms with E-state index in [2.05, 4.69) is 41.5 Å². The lowest BCUT2D eigenvalue weighted by Crippen LogP contribution is -2.24. The first-order chi connectivity index (χ1) is 8.88. The molecule has 3 atom stereocenters. The van der Waals surface area contributed by atoms with Gasteiger partial charge in [0.2, 0.25) is 0 Å². The van der Waals surface area contributed by atoms with Gasteiger partial charge in [0.05, 0.1) is 0 Å². The normalized spacial score (nSPS) is 23.1. The average molecular weight is 267 g/mol. The fourth-order valence-corrected chi connectivity index (χ4v) is 3.64. The van der Waals surface area contributed by atoms with Crippen molar-refractivity contribution in [1.29, 1.82) is 0 Å². The Morgan fingerprint density at radius 1 is 0.947 bits per heavy atom. The summed E-state index contributed by atoms with van der Waals surface area (Å²) in [5.41, 5.74) is 0.522. The van der Waals surface area contributed by atoms with Crippen LogP contribution in [0.15, 0.2) is 0 Å². The third-order valence-corrected chi connectivity index (χ3v) is 6.59. The minimum atomic E-state index is 0.522. The second kappa shape index (κ2) is 7.70. The number of hydrogen-bond acceptors (Lipinski definition) is 0. The van der Waals surface area contributed by atoms with Crippen molar-refractivity contribution >= 4 is 0 Å². The molecule has 1 saturated carbocycles. The highest BCUT2D eigenvalue weighted by molar-refractivity contribution is 4.78. The van der Waals surface area contributed by atoms with Crippen LogP contribution in [-0.4, -0.2) is 0 Å². The van der Waals surface area contributed by atoms with Crippen LogP contribution < -0.4 is 0 Å². The second-order valence-electron chi connectivity index (χ2n) is 8.06. The maximum atomic E-state index is 2.52. The Morgan fingerprint density at radius 2 is 1.53 bits per heavy atom. The van der Waals surface area contributed by atoms with E-state index in [9.17, 15) is 0 Å². The van der Waals surface area contributed by atoms with Gasteiger partial charge in [0.15, 0.2) is 0 Å². The molecule has 0 radical (unpaired) electrons. The molecule has 114 valence electrons. The summed E-state index contributed by atoms with van der Waals surface area (Å²) in [4.78, 5) is 0. The Hall–Kier alpha value is 0. The maximum Gasteiger partial charge on any atom is -0.0331 e. The van der Waals surface area contributed by atoms with E-state index in [0.29, 0.717) is 5.41 Å². The first-order valence-electron chi connectivity index (χ1n) is 8.88. The van der Waals surface area contributed by atoms with Gasteiger partial charge in [-0.3, -0.25) is 0 Å². The summed E-state index contributed by atoms with van der Waals surface area (Å²) < 4.78 is 0. The molecule has 1 rings (SSSR count). The Labute approximate surface area is 122 Å². The molecule has 0 amide bonds. The highest BCUT2D eigenvalue weighted by Crippen LogP contribution is 2.38. The van der Waals surface area contributed by atoms with Crippen LogP contribution in [0.25, 0.3) is 0 Å². The van der Waals surface area contributed by atoms with E-state index in [1.807, 2.05) is 0 Å². The van der Waals surface area contributed by atoms with Crippen molar-refractivity contribution in [2.24, 2.45) is 29.1 Å². The molecule has 1 aliphatic rings. The molecule has 0 bridgehead atoms. The van der Waals surface area contributed by atoms with E-state index in [1.54, 1.807) is 0 Å². The smallest absolute Gasteiger partial charge is 0.0331 e. The molecule has 0 heterocycles. The van der Waals surface area contributed by atoms with Crippen molar-refractivity contribution in [3.63, 3.8) is 0 Å². The van der Waals surface area contributed by atoms with Crippen LogP contribution in [0, 0.1) is 29.1 Å². The van der Waals surface area contributed by atoms with Crippen LogP contribution in [-0.2, 0) is 0 Å². The standard InChI is InChI=1S/C19H38/c1-7-19(5,6)16(3)14-13-15(2)17(4)18-11-9-8-10-12-18/h15-18H,7-14H2,1-6H3. The zero-order valence-electron chi connectivity index (χ0n) is 14.5. The highest BCUT2D eigenvalue weighted by Gasteiger charge is 2.27. The van der Waals surface area contributed by atoms with Gasteiger partial charge in [-0.15, -0.1) is 0 Å². The van der Waals surface area contributed by atoms with Gasteiger partial charge in [-0.05, 0) is 35.5 Å². The van der Waals surface area contributed by atoms with Crippen molar-refractivity contribution in [1.82, 2.24) is 0 Å². The van der Waals surface area contributed by atoms with Crippen molar-refractivity contribution in [3.8, 4) is 0 Å². The first-order valence-corrected chi connectivity index (χ1v) is 8.88. The number of rotatable bonds is 7. The predicted octanol–water partition coefficient (Wildman–Crippen LogP) is 6.69. The molecule has 3 unspecified atom stereocenters. The second-order valence-corrected chi connectivity index (χ2v) is 8.06. The van der Waals surface area contributed by atoms with E-state index in [-0.39, 0.29) is 0 Å². The summed E-state index contributed by atoms with van der Waals surface area (Å²) in [5.74, 6) is 3.74. The minimum Gasteiger partial charge on any atom is -0.0649 e. The summed E-state index contributed by atoms with van der Waals surface area (Å²) in [7, 11) is 0. The topological polar surface area (TPSA) is 0 Å². The maximum absolute atomic E-state index is 2.52. The largest absolute Gasteiger partial charge is 0.0649 e. The highest BCUT2D eigenvalue weighted by atomic mass is 14.3. The molecule has 0 aromatic heterocycles. The Bertz CT molecular complexity index is 234. The third kappa shape index (κ3) is 5.12. The summed E-state index contributed by atoms with van der Waals surface area (Å²) in [6, 6.07) is 0. The van der Waals surface area contributed by atoms with Crippen LogP contribution in [0.3, 0.4) is 0 Å². The molecule has 0 spiro atoms. The Kier molecular flexibility index (Phi) is 6.91. The Balaban J connectivity index is 2.35. The van der Waals surface area contributed by atoms with E-state index >= 15 is 0 Å². The molecule has 0 aliphatic heterocycles. The van der Waals surface area contributed by atoms with E-state index in [1.165, 1.54) is 51.4 Å². The zero-order valence-corrected chi connectivity index (χ0v) is 14.5. The molecular weight excluding hydrogens is 228 g/mol. The Morgan fingerprint density at radius 3 is 2.05 bits per heavy atom. The van der Waals surface area contributed by atoms with Gasteiger partial charge in [0, 0.05) is 0 Å². The van der Waals surface area contributed by atoms with Crippen LogP contribution in [0.4, 0.5) is 0 Å².